The second-order valence-electron chi connectivity index (χ2n) is 6.04. The Morgan fingerprint density at radius 1 is 1.25 bits per heavy atom. The molecule has 0 atom stereocenters. The maximum absolute atomic E-state index is 12.2. The van der Waals surface area contributed by atoms with E-state index in [0.29, 0.717) is 25.3 Å². The number of anilines is 1. The molecule has 1 aliphatic heterocycles. The molecule has 0 saturated heterocycles. The molecule has 2 amide bonds. The van der Waals surface area contributed by atoms with E-state index in [2.05, 4.69) is 29.5 Å². The van der Waals surface area contributed by atoms with Crippen LogP contribution in [0.5, 0.6) is 0 Å². The molecule has 24 heavy (non-hydrogen) atoms. The van der Waals surface area contributed by atoms with Crippen LogP contribution in [0, 0.1) is 6.92 Å². The van der Waals surface area contributed by atoms with Gasteiger partial charge >= 0.3 is 0 Å². The zero-order valence-electron chi connectivity index (χ0n) is 14.1. The van der Waals surface area contributed by atoms with Crippen molar-refractivity contribution in [2.24, 2.45) is 0 Å². The van der Waals surface area contributed by atoms with Gasteiger partial charge in [0.25, 0.3) is 0 Å². The average Bonchev–Trinajstić information content (AvgIpc) is 2.97. The first-order chi connectivity index (χ1) is 11.6. The fourth-order valence-corrected chi connectivity index (χ4v) is 2.84. The highest BCUT2D eigenvalue weighted by atomic mass is 16.2. The van der Waals surface area contributed by atoms with Crippen LogP contribution in [0.2, 0.25) is 0 Å². The normalized spacial score (nSPS) is 13.8. The number of aromatic nitrogens is 2. The molecule has 2 aromatic rings. The molecule has 1 aromatic heterocycles. The Morgan fingerprint density at radius 3 is 2.67 bits per heavy atom. The first-order valence-corrected chi connectivity index (χ1v) is 8.26. The molecular weight excluding hydrogens is 304 g/mol. The molecule has 6 heteroatoms. The minimum absolute atomic E-state index is 0.0248. The maximum Gasteiger partial charge on any atom is 0.240 e. The van der Waals surface area contributed by atoms with E-state index in [1.54, 1.807) is 4.68 Å². The molecule has 0 bridgehead atoms. The molecule has 0 unspecified atom stereocenters. The molecule has 0 radical (unpaired) electrons. The second-order valence-corrected chi connectivity index (χ2v) is 6.04. The number of benzene rings is 1. The third-order valence-electron chi connectivity index (χ3n) is 4.22. The lowest BCUT2D eigenvalue weighted by Gasteiger charge is -2.26. The highest BCUT2D eigenvalue weighted by Crippen LogP contribution is 2.22. The van der Waals surface area contributed by atoms with Gasteiger partial charge in [0.05, 0.1) is 12.2 Å². The number of fused-ring (bicyclic) bond motifs is 1. The number of hydrogen-bond donors (Lipinski definition) is 1. The van der Waals surface area contributed by atoms with Crippen molar-refractivity contribution >= 4 is 17.6 Å². The Hall–Kier alpha value is -2.63. The lowest BCUT2D eigenvalue weighted by atomic mass is 10.1. The van der Waals surface area contributed by atoms with Crippen molar-refractivity contribution < 1.29 is 9.59 Å². The first kappa shape index (κ1) is 16.2. The fraction of sp³-hybridized carbons (Fsp3) is 0.389. The summed E-state index contributed by atoms with van der Waals surface area (Å²) in [5, 5.41) is 7.22. The minimum atomic E-state index is -0.171. The molecule has 1 aromatic carbocycles. The number of aryl methyl sites for hydroxylation is 3. The standard InChI is InChI=1S/C18H22N4O2/c1-3-14-4-6-15(7-5-14)11-19-16(23)12-21-17-10-13(2)20-22(17)9-8-18(21)24/h4-7,10H,3,8-9,11-12H2,1-2H3,(H,19,23). The molecule has 2 heterocycles. The molecule has 0 fully saturated rings. The van der Waals surface area contributed by atoms with Crippen molar-refractivity contribution in [2.75, 3.05) is 11.4 Å². The largest absolute Gasteiger partial charge is 0.350 e. The molecule has 0 spiro atoms. The van der Waals surface area contributed by atoms with Gasteiger partial charge in [-0.1, -0.05) is 31.2 Å². The van der Waals surface area contributed by atoms with Crippen molar-refractivity contribution in [1.29, 1.82) is 0 Å². The summed E-state index contributed by atoms with van der Waals surface area (Å²) < 4.78 is 1.79. The van der Waals surface area contributed by atoms with E-state index in [0.717, 1.165) is 17.7 Å². The number of carbonyl (C=O) groups excluding carboxylic acids is 2. The lowest BCUT2D eigenvalue weighted by Crippen LogP contribution is -2.44. The third kappa shape index (κ3) is 3.48. The maximum atomic E-state index is 12.2. The molecular formula is C18H22N4O2. The second kappa shape index (κ2) is 6.86. The Bertz CT molecular complexity index is 749. The predicted octanol–water partition coefficient (Wildman–Crippen LogP) is 1.81. The molecule has 3 rings (SSSR count). The summed E-state index contributed by atoms with van der Waals surface area (Å²) in [6.07, 6.45) is 1.37. The van der Waals surface area contributed by atoms with Gasteiger partial charge in [-0.05, 0) is 24.5 Å². The van der Waals surface area contributed by atoms with Crippen LogP contribution in [0.1, 0.15) is 30.2 Å². The summed E-state index contributed by atoms with van der Waals surface area (Å²) in [5.74, 6) is 0.492. The van der Waals surface area contributed by atoms with Gasteiger partial charge in [0.2, 0.25) is 11.8 Å². The molecule has 126 valence electrons. The molecule has 1 N–H and O–H groups in total. The van der Waals surface area contributed by atoms with Crippen LogP contribution >= 0.6 is 0 Å². The van der Waals surface area contributed by atoms with Crippen LogP contribution in [0.3, 0.4) is 0 Å². The van der Waals surface area contributed by atoms with E-state index in [1.165, 1.54) is 10.5 Å². The topological polar surface area (TPSA) is 67.2 Å². The third-order valence-corrected chi connectivity index (χ3v) is 4.22. The Labute approximate surface area is 141 Å². The van der Waals surface area contributed by atoms with E-state index in [1.807, 2.05) is 25.1 Å². The van der Waals surface area contributed by atoms with Crippen molar-refractivity contribution in [3.05, 3.63) is 47.2 Å². The van der Waals surface area contributed by atoms with E-state index < -0.39 is 0 Å². The van der Waals surface area contributed by atoms with Gasteiger partial charge in [-0.25, -0.2) is 4.68 Å². The number of hydrogen-bond acceptors (Lipinski definition) is 3. The Balaban J connectivity index is 1.61. The summed E-state index contributed by atoms with van der Waals surface area (Å²) in [7, 11) is 0. The smallest absolute Gasteiger partial charge is 0.240 e. The van der Waals surface area contributed by atoms with Gasteiger partial charge in [0, 0.05) is 19.0 Å². The van der Waals surface area contributed by atoms with Crippen molar-refractivity contribution in [1.82, 2.24) is 15.1 Å². The van der Waals surface area contributed by atoms with Gasteiger partial charge in [0.15, 0.2) is 0 Å². The SMILES string of the molecule is CCc1ccc(CNC(=O)CN2C(=O)CCn3nc(C)cc32)cc1. The summed E-state index contributed by atoms with van der Waals surface area (Å²) in [5.41, 5.74) is 3.17. The predicted molar refractivity (Wildman–Crippen MR) is 91.6 cm³/mol. The number of carbonyl (C=O) groups is 2. The van der Waals surface area contributed by atoms with Crippen LogP contribution < -0.4 is 10.2 Å². The monoisotopic (exact) mass is 326 g/mol. The molecule has 0 aliphatic carbocycles. The van der Waals surface area contributed by atoms with Gasteiger partial charge < -0.3 is 5.32 Å². The van der Waals surface area contributed by atoms with Crippen LogP contribution in [0.15, 0.2) is 30.3 Å². The van der Waals surface area contributed by atoms with E-state index in [-0.39, 0.29) is 18.4 Å². The number of nitrogens with one attached hydrogen (secondary N) is 1. The van der Waals surface area contributed by atoms with E-state index >= 15 is 0 Å². The van der Waals surface area contributed by atoms with Gasteiger partial charge in [-0.15, -0.1) is 0 Å². The van der Waals surface area contributed by atoms with Crippen molar-refractivity contribution in [2.45, 2.75) is 39.8 Å². The highest BCUT2D eigenvalue weighted by molar-refractivity contribution is 5.98. The van der Waals surface area contributed by atoms with Crippen LogP contribution in [-0.2, 0) is 29.1 Å². The number of nitrogens with zero attached hydrogens (tertiary/aromatic N) is 3. The van der Waals surface area contributed by atoms with Crippen molar-refractivity contribution in [3.8, 4) is 0 Å². The lowest BCUT2D eigenvalue weighted by molar-refractivity contribution is -0.124. The summed E-state index contributed by atoms with van der Waals surface area (Å²) in [4.78, 5) is 25.9. The summed E-state index contributed by atoms with van der Waals surface area (Å²) in [6, 6.07) is 10.0. The van der Waals surface area contributed by atoms with Gasteiger partial charge in [-0.2, -0.15) is 5.10 Å². The molecule has 1 aliphatic rings. The minimum Gasteiger partial charge on any atom is -0.350 e. The van der Waals surface area contributed by atoms with Crippen LogP contribution in [0.4, 0.5) is 5.82 Å². The summed E-state index contributed by atoms with van der Waals surface area (Å²) in [6.45, 7) is 5.05. The number of rotatable bonds is 5. The zero-order valence-corrected chi connectivity index (χ0v) is 14.1. The fourth-order valence-electron chi connectivity index (χ4n) is 2.84. The zero-order chi connectivity index (χ0) is 17.1. The van der Waals surface area contributed by atoms with E-state index in [9.17, 15) is 9.59 Å². The van der Waals surface area contributed by atoms with Crippen LogP contribution in [-0.4, -0.2) is 28.1 Å². The van der Waals surface area contributed by atoms with E-state index in [4.69, 9.17) is 0 Å². The highest BCUT2D eigenvalue weighted by Gasteiger charge is 2.27. The Morgan fingerprint density at radius 2 is 1.96 bits per heavy atom. The van der Waals surface area contributed by atoms with Crippen molar-refractivity contribution in [3.63, 3.8) is 0 Å². The quantitative estimate of drug-likeness (QED) is 0.911. The van der Waals surface area contributed by atoms with Gasteiger partial charge in [-0.3, -0.25) is 14.5 Å². The Kier molecular flexibility index (Phi) is 4.64. The first-order valence-electron chi connectivity index (χ1n) is 8.26. The number of amides is 2. The molecule has 0 saturated carbocycles. The molecule has 6 nitrogen and oxygen atoms in total. The van der Waals surface area contributed by atoms with Gasteiger partial charge in [0.1, 0.15) is 12.4 Å². The summed E-state index contributed by atoms with van der Waals surface area (Å²) >= 11 is 0. The van der Waals surface area contributed by atoms with Crippen LogP contribution in [0.25, 0.3) is 0 Å². The average molecular weight is 326 g/mol.